The van der Waals surface area contributed by atoms with Gasteiger partial charge in [-0.1, -0.05) is 41.9 Å². The molecular formula is C12H12ClN3O. The van der Waals surface area contributed by atoms with Crippen LogP contribution in [0, 0.1) is 0 Å². The molecular weight excluding hydrogens is 238 g/mol. The number of nitrogens with zero attached hydrogens (tertiary/aromatic N) is 2. The lowest BCUT2D eigenvalue weighted by molar-refractivity contribution is 0.666. The van der Waals surface area contributed by atoms with Crippen molar-refractivity contribution in [2.75, 3.05) is 5.73 Å². The first-order valence-corrected chi connectivity index (χ1v) is 5.61. The zero-order valence-electron chi connectivity index (χ0n) is 9.14. The van der Waals surface area contributed by atoms with Crippen LogP contribution in [0.3, 0.4) is 0 Å². The second-order valence-electron chi connectivity index (χ2n) is 3.68. The van der Waals surface area contributed by atoms with Crippen LogP contribution in [-0.4, -0.2) is 9.55 Å². The molecule has 1 aromatic heterocycles. The van der Waals surface area contributed by atoms with E-state index in [2.05, 4.69) is 4.98 Å². The van der Waals surface area contributed by atoms with Crippen LogP contribution in [-0.2, 0) is 13.0 Å². The zero-order chi connectivity index (χ0) is 12.3. The van der Waals surface area contributed by atoms with E-state index in [1.807, 2.05) is 30.3 Å². The molecule has 2 rings (SSSR count). The highest BCUT2D eigenvalue weighted by Gasteiger charge is 2.04. The quantitative estimate of drug-likeness (QED) is 0.901. The second-order valence-corrected chi connectivity index (χ2v) is 4.07. The summed E-state index contributed by atoms with van der Waals surface area (Å²) in [6.07, 6.45) is 2.25. The third kappa shape index (κ3) is 2.85. The highest BCUT2D eigenvalue weighted by molar-refractivity contribution is 6.29. The molecule has 2 aromatic rings. The molecule has 0 fully saturated rings. The molecule has 0 aliphatic heterocycles. The van der Waals surface area contributed by atoms with Crippen molar-refractivity contribution in [2.45, 2.75) is 13.0 Å². The maximum Gasteiger partial charge on any atom is 0.293 e. The molecule has 0 saturated heterocycles. The van der Waals surface area contributed by atoms with Gasteiger partial charge in [-0.2, -0.15) is 0 Å². The molecule has 5 heteroatoms. The highest BCUT2D eigenvalue weighted by atomic mass is 35.5. The molecule has 1 aromatic carbocycles. The van der Waals surface area contributed by atoms with Crippen molar-refractivity contribution >= 4 is 17.4 Å². The fourth-order valence-electron chi connectivity index (χ4n) is 1.59. The number of nitrogen functional groups attached to an aromatic ring is 1. The van der Waals surface area contributed by atoms with E-state index in [4.69, 9.17) is 17.3 Å². The van der Waals surface area contributed by atoms with Crippen LogP contribution >= 0.6 is 11.6 Å². The van der Waals surface area contributed by atoms with E-state index in [-0.39, 0.29) is 16.5 Å². The Balaban J connectivity index is 2.17. The van der Waals surface area contributed by atoms with E-state index in [9.17, 15) is 4.79 Å². The van der Waals surface area contributed by atoms with Gasteiger partial charge in [-0.25, -0.2) is 4.98 Å². The van der Waals surface area contributed by atoms with Crippen LogP contribution in [0.2, 0.25) is 5.15 Å². The van der Waals surface area contributed by atoms with Crippen LogP contribution < -0.4 is 11.3 Å². The van der Waals surface area contributed by atoms with E-state index in [1.165, 1.54) is 10.8 Å². The van der Waals surface area contributed by atoms with Gasteiger partial charge >= 0.3 is 0 Å². The molecule has 0 aliphatic rings. The van der Waals surface area contributed by atoms with E-state index in [1.54, 1.807) is 0 Å². The highest BCUT2D eigenvalue weighted by Crippen LogP contribution is 2.05. The largest absolute Gasteiger partial charge is 0.379 e. The van der Waals surface area contributed by atoms with Crippen molar-refractivity contribution in [1.29, 1.82) is 0 Å². The van der Waals surface area contributed by atoms with Gasteiger partial charge in [0.2, 0.25) is 0 Å². The number of rotatable bonds is 3. The molecule has 0 radical (unpaired) electrons. The summed E-state index contributed by atoms with van der Waals surface area (Å²) in [6.45, 7) is 0.537. The Labute approximate surface area is 104 Å². The first-order chi connectivity index (χ1) is 8.16. The van der Waals surface area contributed by atoms with Crippen LogP contribution in [0.4, 0.5) is 5.82 Å². The molecule has 17 heavy (non-hydrogen) atoms. The maximum absolute atomic E-state index is 11.7. The van der Waals surface area contributed by atoms with E-state index < -0.39 is 0 Å². The van der Waals surface area contributed by atoms with Gasteiger partial charge in [-0.05, 0) is 12.0 Å². The van der Waals surface area contributed by atoms with Gasteiger partial charge in [0.05, 0.1) is 0 Å². The van der Waals surface area contributed by atoms with Crippen molar-refractivity contribution in [1.82, 2.24) is 9.55 Å². The molecule has 0 aliphatic carbocycles. The van der Waals surface area contributed by atoms with Crippen LogP contribution in [0.15, 0.2) is 41.3 Å². The standard InChI is InChI=1S/C12H12ClN3O/c13-10-8-16(12(17)11(14)15-10)7-6-9-4-2-1-3-5-9/h1-5,8H,6-7H2,(H2,14,15). The number of hydrogen-bond donors (Lipinski definition) is 1. The third-order valence-electron chi connectivity index (χ3n) is 2.45. The monoisotopic (exact) mass is 249 g/mol. The number of aromatic nitrogens is 2. The number of benzene rings is 1. The Kier molecular flexibility index (Phi) is 3.44. The smallest absolute Gasteiger partial charge is 0.293 e. The van der Waals surface area contributed by atoms with Crippen LogP contribution in [0.5, 0.6) is 0 Å². The number of anilines is 1. The lowest BCUT2D eigenvalue weighted by atomic mass is 10.1. The van der Waals surface area contributed by atoms with Crippen molar-refractivity contribution in [3.63, 3.8) is 0 Å². The third-order valence-corrected chi connectivity index (χ3v) is 2.64. The van der Waals surface area contributed by atoms with Crippen molar-refractivity contribution < 1.29 is 0 Å². The van der Waals surface area contributed by atoms with Crippen molar-refractivity contribution in [3.8, 4) is 0 Å². The summed E-state index contributed by atoms with van der Waals surface area (Å²) in [5, 5.41) is 0.232. The van der Waals surface area contributed by atoms with E-state index in [0.29, 0.717) is 6.54 Å². The van der Waals surface area contributed by atoms with Crippen molar-refractivity contribution in [3.05, 3.63) is 57.6 Å². The van der Waals surface area contributed by atoms with Gasteiger partial charge < -0.3 is 10.3 Å². The summed E-state index contributed by atoms with van der Waals surface area (Å²) in [7, 11) is 0. The lowest BCUT2D eigenvalue weighted by Crippen LogP contribution is -2.24. The second kappa shape index (κ2) is 5.01. The summed E-state index contributed by atoms with van der Waals surface area (Å²) < 4.78 is 1.48. The van der Waals surface area contributed by atoms with Crippen molar-refractivity contribution in [2.24, 2.45) is 0 Å². The van der Waals surface area contributed by atoms with Gasteiger partial charge in [-0.15, -0.1) is 0 Å². The Hall–Kier alpha value is -1.81. The molecule has 0 bridgehead atoms. The van der Waals surface area contributed by atoms with Crippen LogP contribution in [0.1, 0.15) is 5.56 Å². The zero-order valence-corrected chi connectivity index (χ0v) is 9.89. The fourth-order valence-corrected chi connectivity index (χ4v) is 1.80. The topological polar surface area (TPSA) is 60.9 Å². The number of hydrogen-bond acceptors (Lipinski definition) is 3. The van der Waals surface area contributed by atoms with Gasteiger partial charge in [0.1, 0.15) is 5.15 Å². The minimum Gasteiger partial charge on any atom is -0.379 e. The maximum atomic E-state index is 11.7. The molecule has 2 N–H and O–H groups in total. The first-order valence-electron chi connectivity index (χ1n) is 5.23. The van der Waals surface area contributed by atoms with E-state index >= 15 is 0 Å². The summed E-state index contributed by atoms with van der Waals surface area (Å²) in [5.41, 5.74) is 6.32. The minimum absolute atomic E-state index is 0.0643. The minimum atomic E-state index is -0.301. The van der Waals surface area contributed by atoms with Gasteiger partial charge in [0.15, 0.2) is 5.82 Å². The number of aryl methyl sites for hydroxylation is 2. The first kappa shape index (κ1) is 11.7. The van der Waals surface area contributed by atoms with Gasteiger partial charge in [0.25, 0.3) is 5.56 Å². The van der Waals surface area contributed by atoms with Gasteiger partial charge in [-0.3, -0.25) is 4.79 Å². The summed E-state index contributed by atoms with van der Waals surface area (Å²) in [5.74, 6) is -0.0643. The summed E-state index contributed by atoms with van der Waals surface area (Å²) >= 11 is 5.75. The molecule has 1 heterocycles. The van der Waals surface area contributed by atoms with Gasteiger partial charge in [0, 0.05) is 12.7 Å². The Morgan fingerprint density at radius 1 is 1.29 bits per heavy atom. The molecule has 0 saturated carbocycles. The fraction of sp³-hybridized carbons (Fsp3) is 0.167. The molecule has 0 unspecified atom stereocenters. The average Bonchev–Trinajstić information content (AvgIpc) is 2.33. The Morgan fingerprint density at radius 2 is 2.00 bits per heavy atom. The molecule has 0 spiro atoms. The average molecular weight is 250 g/mol. The summed E-state index contributed by atoms with van der Waals surface area (Å²) in [4.78, 5) is 15.4. The number of halogens is 1. The Bertz CT molecular complexity index is 566. The summed E-state index contributed by atoms with van der Waals surface area (Å²) in [6, 6.07) is 9.91. The lowest BCUT2D eigenvalue weighted by Gasteiger charge is -2.06. The SMILES string of the molecule is Nc1nc(Cl)cn(CCc2ccccc2)c1=O. The molecule has 4 nitrogen and oxygen atoms in total. The molecule has 88 valence electrons. The Morgan fingerprint density at radius 3 is 2.71 bits per heavy atom. The molecule has 0 amide bonds. The normalized spacial score (nSPS) is 10.4. The molecule has 0 atom stereocenters. The predicted octanol–water partition coefficient (Wildman–Crippen LogP) is 1.72. The predicted molar refractivity (Wildman–Crippen MR) is 68.1 cm³/mol. The van der Waals surface area contributed by atoms with E-state index in [0.717, 1.165) is 12.0 Å². The number of nitrogens with two attached hydrogens (primary N) is 1. The van der Waals surface area contributed by atoms with Crippen LogP contribution in [0.25, 0.3) is 0 Å².